The summed E-state index contributed by atoms with van der Waals surface area (Å²) in [6, 6.07) is 1.91. The van der Waals surface area contributed by atoms with Crippen LogP contribution >= 0.6 is 11.8 Å². The third-order valence-electron chi connectivity index (χ3n) is 4.19. The second-order valence-electron chi connectivity index (χ2n) is 6.49. The zero-order chi connectivity index (χ0) is 20.2. The number of nitrogens with zero attached hydrogens (tertiary/aromatic N) is 2. The van der Waals surface area contributed by atoms with Crippen molar-refractivity contribution >= 4 is 23.6 Å². The Balaban J connectivity index is 0.000000321. The van der Waals surface area contributed by atoms with Gasteiger partial charge in [-0.2, -0.15) is 13.2 Å². The molecule has 2 aliphatic heterocycles. The number of thioether (sulfide) groups is 1. The van der Waals surface area contributed by atoms with Crippen LogP contribution in [0.4, 0.5) is 13.2 Å². The summed E-state index contributed by atoms with van der Waals surface area (Å²) in [5.41, 5.74) is 1.72. The first-order valence-corrected chi connectivity index (χ1v) is 9.31. The molecule has 0 saturated carbocycles. The molecule has 0 aliphatic carbocycles. The van der Waals surface area contributed by atoms with Crippen molar-refractivity contribution in [1.82, 2.24) is 9.88 Å². The van der Waals surface area contributed by atoms with Crippen LogP contribution in [-0.4, -0.2) is 69.3 Å². The summed E-state index contributed by atoms with van der Waals surface area (Å²) in [6.07, 6.45) is -0.219. The van der Waals surface area contributed by atoms with E-state index >= 15 is 0 Å². The lowest BCUT2D eigenvalue weighted by molar-refractivity contribution is -0.192. The van der Waals surface area contributed by atoms with E-state index in [1.807, 2.05) is 36.6 Å². The van der Waals surface area contributed by atoms with Gasteiger partial charge in [-0.1, -0.05) is 0 Å². The number of hydrogen-bond donors (Lipinski definition) is 1. The van der Waals surface area contributed by atoms with Gasteiger partial charge in [0.1, 0.15) is 0 Å². The number of carboxylic acids is 1. The average molecular weight is 406 g/mol. The van der Waals surface area contributed by atoms with E-state index in [2.05, 4.69) is 4.98 Å². The number of amides is 1. The first kappa shape index (κ1) is 21.5. The number of hydrogen-bond acceptors (Lipinski definition) is 5. The van der Waals surface area contributed by atoms with Crippen molar-refractivity contribution in [2.24, 2.45) is 0 Å². The number of carboxylic acid groups (broad SMARTS) is 1. The van der Waals surface area contributed by atoms with Gasteiger partial charge in [0.15, 0.2) is 0 Å². The van der Waals surface area contributed by atoms with Gasteiger partial charge in [0.2, 0.25) is 0 Å². The Morgan fingerprint density at radius 3 is 2.56 bits per heavy atom. The molecule has 2 fully saturated rings. The Morgan fingerprint density at radius 1 is 1.41 bits per heavy atom. The zero-order valence-electron chi connectivity index (χ0n) is 15.0. The second-order valence-corrected chi connectivity index (χ2v) is 7.98. The van der Waals surface area contributed by atoms with E-state index in [4.69, 9.17) is 14.6 Å². The molecule has 1 N–H and O–H groups in total. The lowest BCUT2D eigenvalue weighted by atomic mass is 9.92. The van der Waals surface area contributed by atoms with Gasteiger partial charge in [-0.15, -0.1) is 11.8 Å². The van der Waals surface area contributed by atoms with Crippen LogP contribution in [0, 0.1) is 6.92 Å². The molecule has 3 heterocycles. The molecular formula is C17H21F3N2O4S. The fraction of sp³-hybridized carbons (Fsp3) is 0.588. The summed E-state index contributed by atoms with van der Waals surface area (Å²) >= 11 is 1.96. The normalized spacial score (nSPS) is 20.6. The topological polar surface area (TPSA) is 79.7 Å². The fourth-order valence-corrected chi connectivity index (χ4v) is 4.56. The molecule has 0 bridgehead atoms. The summed E-state index contributed by atoms with van der Waals surface area (Å²) < 4.78 is 37.7. The zero-order valence-corrected chi connectivity index (χ0v) is 15.8. The molecule has 0 radical (unpaired) electrons. The highest BCUT2D eigenvalue weighted by Crippen LogP contribution is 2.46. The molecule has 0 aromatic carbocycles. The number of ether oxygens (including phenoxy) is 1. The molecule has 1 amide bonds. The number of rotatable bonds is 3. The van der Waals surface area contributed by atoms with E-state index in [0.29, 0.717) is 11.7 Å². The van der Waals surface area contributed by atoms with Crippen LogP contribution < -0.4 is 0 Å². The number of likely N-dealkylation sites (tertiary alicyclic amines) is 1. The van der Waals surface area contributed by atoms with Crippen molar-refractivity contribution < 1.29 is 32.6 Å². The Bertz CT molecular complexity index is 693. The Hall–Kier alpha value is -1.81. The highest BCUT2D eigenvalue weighted by Gasteiger charge is 2.50. The highest BCUT2D eigenvalue weighted by atomic mass is 32.2. The molecule has 150 valence electrons. The minimum absolute atomic E-state index is 0.104. The molecule has 1 aromatic heterocycles. The van der Waals surface area contributed by atoms with Crippen LogP contribution in [0.25, 0.3) is 0 Å². The standard InChI is InChI=1S/C15H20N2O2S.C2HF3O2/c1-3-19-13-5-15(20-8-13)9-17(10-15)14(18)12-4-11(2)6-16-7-12;3-2(4,5)1(6)7/h4,6-7,13H,3,5,8-10H2,1-2H3;(H,6,7). The van der Waals surface area contributed by atoms with Gasteiger partial charge in [0, 0.05) is 37.8 Å². The Kier molecular flexibility index (Phi) is 6.74. The van der Waals surface area contributed by atoms with E-state index in [0.717, 1.165) is 37.4 Å². The largest absolute Gasteiger partial charge is 0.490 e. The molecule has 1 atom stereocenters. The summed E-state index contributed by atoms with van der Waals surface area (Å²) in [4.78, 5) is 27.3. The monoisotopic (exact) mass is 406 g/mol. The van der Waals surface area contributed by atoms with Gasteiger partial charge in [-0.25, -0.2) is 4.79 Å². The highest BCUT2D eigenvalue weighted by molar-refractivity contribution is 8.01. The van der Waals surface area contributed by atoms with Crippen LogP contribution in [0.5, 0.6) is 0 Å². The van der Waals surface area contributed by atoms with E-state index in [1.165, 1.54) is 0 Å². The number of halogens is 3. The third-order valence-corrected chi connectivity index (χ3v) is 5.76. The molecule has 2 aliphatic rings. The van der Waals surface area contributed by atoms with Crippen LogP contribution in [0.3, 0.4) is 0 Å². The maximum absolute atomic E-state index is 12.4. The van der Waals surface area contributed by atoms with E-state index in [9.17, 15) is 18.0 Å². The Morgan fingerprint density at radius 2 is 2.04 bits per heavy atom. The number of alkyl halides is 3. The van der Waals surface area contributed by atoms with Crippen molar-refractivity contribution in [2.75, 3.05) is 25.4 Å². The second kappa shape index (κ2) is 8.47. The maximum Gasteiger partial charge on any atom is 0.490 e. The van der Waals surface area contributed by atoms with Gasteiger partial charge in [0.05, 0.1) is 16.4 Å². The van der Waals surface area contributed by atoms with E-state index in [1.54, 1.807) is 12.4 Å². The van der Waals surface area contributed by atoms with Crippen LogP contribution in [0.1, 0.15) is 29.3 Å². The third kappa shape index (κ3) is 5.58. The molecule has 2 saturated heterocycles. The lowest BCUT2D eigenvalue weighted by Crippen LogP contribution is -2.60. The van der Waals surface area contributed by atoms with Gasteiger partial charge in [-0.3, -0.25) is 9.78 Å². The number of aryl methyl sites for hydroxylation is 1. The molecule has 3 rings (SSSR count). The lowest BCUT2D eigenvalue weighted by Gasteiger charge is -2.47. The summed E-state index contributed by atoms with van der Waals surface area (Å²) in [6.45, 7) is 6.46. The first-order chi connectivity index (χ1) is 12.6. The first-order valence-electron chi connectivity index (χ1n) is 8.33. The molecule has 10 heteroatoms. The average Bonchev–Trinajstić information content (AvgIpc) is 2.97. The Labute approximate surface area is 159 Å². The van der Waals surface area contributed by atoms with Crippen molar-refractivity contribution in [3.05, 3.63) is 29.6 Å². The SMILES string of the molecule is CCOC1CSC2(C1)CN(C(=O)c1cncc(C)c1)C2.O=C(O)C(F)(F)F. The minimum atomic E-state index is -5.08. The summed E-state index contributed by atoms with van der Waals surface area (Å²) in [7, 11) is 0. The van der Waals surface area contributed by atoms with Gasteiger partial charge < -0.3 is 14.7 Å². The van der Waals surface area contributed by atoms with Crippen molar-refractivity contribution in [1.29, 1.82) is 0 Å². The predicted molar refractivity (Wildman–Crippen MR) is 93.8 cm³/mol. The van der Waals surface area contributed by atoms with Crippen LogP contribution in [0.2, 0.25) is 0 Å². The summed E-state index contributed by atoms with van der Waals surface area (Å²) in [5, 5.41) is 7.12. The number of aliphatic carboxylic acids is 1. The quantitative estimate of drug-likeness (QED) is 0.832. The van der Waals surface area contributed by atoms with Crippen molar-refractivity contribution in [3.63, 3.8) is 0 Å². The summed E-state index contributed by atoms with van der Waals surface area (Å²) in [5.74, 6) is -1.60. The molecule has 6 nitrogen and oxygen atoms in total. The van der Waals surface area contributed by atoms with E-state index in [-0.39, 0.29) is 10.7 Å². The van der Waals surface area contributed by atoms with Gasteiger partial charge in [-0.05, 0) is 31.9 Å². The number of aromatic nitrogens is 1. The van der Waals surface area contributed by atoms with Crippen LogP contribution in [0.15, 0.2) is 18.5 Å². The number of pyridine rings is 1. The van der Waals surface area contributed by atoms with Crippen molar-refractivity contribution in [2.45, 2.75) is 37.3 Å². The van der Waals surface area contributed by atoms with Gasteiger partial charge >= 0.3 is 12.1 Å². The molecular weight excluding hydrogens is 385 g/mol. The minimum Gasteiger partial charge on any atom is -0.475 e. The number of carbonyl (C=O) groups excluding carboxylic acids is 1. The fourth-order valence-electron chi connectivity index (χ4n) is 3.01. The molecule has 1 spiro atoms. The maximum atomic E-state index is 12.4. The smallest absolute Gasteiger partial charge is 0.475 e. The molecule has 27 heavy (non-hydrogen) atoms. The molecule has 1 aromatic rings. The van der Waals surface area contributed by atoms with Crippen molar-refractivity contribution in [3.8, 4) is 0 Å². The van der Waals surface area contributed by atoms with Gasteiger partial charge in [0.25, 0.3) is 5.91 Å². The van der Waals surface area contributed by atoms with E-state index < -0.39 is 12.1 Å². The van der Waals surface area contributed by atoms with Crippen LogP contribution in [-0.2, 0) is 9.53 Å². The molecule has 1 unspecified atom stereocenters. The number of carbonyl (C=O) groups is 2. The predicted octanol–water partition coefficient (Wildman–Crippen LogP) is 2.76.